The molecule has 0 aliphatic carbocycles. The Morgan fingerprint density at radius 1 is 1.30 bits per heavy atom. The molecule has 6 nitrogen and oxygen atoms in total. The van der Waals surface area contributed by atoms with Crippen LogP contribution in [0.2, 0.25) is 0 Å². The lowest BCUT2D eigenvalue weighted by Gasteiger charge is -2.19. The summed E-state index contributed by atoms with van der Waals surface area (Å²) >= 11 is 0. The minimum Gasteiger partial charge on any atom is -0.356 e. The minimum absolute atomic E-state index is 0.131. The molecule has 1 aliphatic heterocycles. The molecule has 122 valence electrons. The average molecular weight is 313 g/mol. The molecule has 0 bridgehead atoms. The third kappa shape index (κ3) is 3.21. The zero-order valence-corrected chi connectivity index (χ0v) is 13.9. The fourth-order valence-electron chi connectivity index (χ4n) is 3.11. The van der Waals surface area contributed by atoms with Gasteiger partial charge in [-0.25, -0.2) is 0 Å². The summed E-state index contributed by atoms with van der Waals surface area (Å²) < 4.78 is 2.04. The van der Waals surface area contributed by atoms with Crippen LogP contribution in [-0.4, -0.2) is 34.3 Å². The van der Waals surface area contributed by atoms with Crippen molar-refractivity contribution in [3.8, 4) is 0 Å². The number of amides is 1. The van der Waals surface area contributed by atoms with Crippen LogP contribution in [0, 0.1) is 6.92 Å². The van der Waals surface area contributed by atoms with Crippen molar-refractivity contribution >= 4 is 17.5 Å². The van der Waals surface area contributed by atoms with Gasteiger partial charge < -0.3 is 10.2 Å². The highest BCUT2D eigenvalue weighted by atomic mass is 16.1. The maximum absolute atomic E-state index is 11.5. The molecule has 0 spiro atoms. The van der Waals surface area contributed by atoms with Crippen LogP contribution in [0.3, 0.4) is 0 Å². The van der Waals surface area contributed by atoms with Crippen molar-refractivity contribution in [2.24, 2.45) is 7.05 Å². The predicted molar refractivity (Wildman–Crippen MR) is 89.8 cm³/mol. The Morgan fingerprint density at radius 3 is 2.91 bits per heavy atom. The smallest absolute Gasteiger partial charge is 0.231 e. The van der Waals surface area contributed by atoms with Crippen molar-refractivity contribution in [3.05, 3.63) is 35.7 Å². The molecule has 1 saturated heterocycles. The predicted octanol–water partition coefficient (Wildman–Crippen LogP) is 2.28. The lowest BCUT2D eigenvalue weighted by Crippen LogP contribution is -2.21. The molecule has 1 aliphatic rings. The molecule has 1 unspecified atom stereocenters. The highest BCUT2D eigenvalue weighted by molar-refractivity contribution is 5.76. The van der Waals surface area contributed by atoms with Gasteiger partial charge in [0.05, 0.1) is 0 Å². The van der Waals surface area contributed by atoms with Crippen LogP contribution in [-0.2, 0) is 11.8 Å². The first-order valence-electron chi connectivity index (χ1n) is 8.02. The summed E-state index contributed by atoms with van der Waals surface area (Å²) in [6, 6.07) is 8.31. The quantitative estimate of drug-likeness (QED) is 0.944. The number of carbonyl (C=O) groups is 1. The van der Waals surface area contributed by atoms with E-state index in [9.17, 15) is 4.79 Å². The van der Waals surface area contributed by atoms with E-state index < -0.39 is 0 Å². The van der Waals surface area contributed by atoms with Gasteiger partial charge in [-0.2, -0.15) is 0 Å². The summed E-state index contributed by atoms with van der Waals surface area (Å²) in [4.78, 5) is 13.6. The number of nitrogens with zero attached hydrogens (tertiary/aromatic N) is 4. The normalized spacial score (nSPS) is 18.4. The van der Waals surface area contributed by atoms with Gasteiger partial charge in [-0.1, -0.05) is 12.1 Å². The van der Waals surface area contributed by atoms with E-state index in [-0.39, 0.29) is 11.8 Å². The highest BCUT2D eigenvalue weighted by Gasteiger charge is 2.24. The molecule has 0 radical (unpaired) electrons. The Kier molecular flexibility index (Phi) is 4.32. The van der Waals surface area contributed by atoms with E-state index in [4.69, 9.17) is 0 Å². The van der Waals surface area contributed by atoms with E-state index in [1.807, 2.05) is 29.6 Å². The summed E-state index contributed by atoms with van der Waals surface area (Å²) in [7, 11) is 4.00. The number of rotatable bonds is 3. The summed E-state index contributed by atoms with van der Waals surface area (Å²) in [6.45, 7) is 2.79. The third-order valence-electron chi connectivity index (χ3n) is 4.47. The lowest BCUT2D eigenvalue weighted by atomic mass is 10.00. The van der Waals surface area contributed by atoms with Gasteiger partial charge >= 0.3 is 0 Å². The van der Waals surface area contributed by atoms with E-state index in [0.29, 0.717) is 13.0 Å². The van der Waals surface area contributed by atoms with Crippen LogP contribution in [0.5, 0.6) is 0 Å². The number of benzene rings is 1. The lowest BCUT2D eigenvalue weighted by molar-refractivity contribution is -0.120. The first kappa shape index (κ1) is 15.5. The highest BCUT2D eigenvalue weighted by Crippen LogP contribution is 2.29. The monoisotopic (exact) mass is 313 g/mol. The van der Waals surface area contributed by atoms with E-state index in [1.165, 1.54) is 5.56 Å². The molecule has 1 aromatic heterocycles. The summed E-state index contributed by atoms with van der Waals surface area (Å²) in [5.41, 5.74) is 2.30. The summed E-state index contributed by atoms with van der Waals surface area (Å²) in [6.07, 6.45) is 2.29. The van der Waals surface area contributed by atoms with Crippen LogP contribution in [0.25, 0.3) is 0 Å². The Morgan fingerprint density at radius 2 is 2.13 bits per heavy atom. The number of aromatic nitrogens is 3. The van der Waals surface area contributed by atoms with Crippen molar-refractivity contribution in [2.75, 3.05) is 18.5 Å². The first-order valence-corrected chi connectivity index (χ1v) is 8.02. The molecule has 3 rings (SSSR count). The Hall–Kier alpha value is -2.37. The van der Waals surface area contributed by atoms with Gasteiger partial charge in [-0.15, -0.1) is 10.2 Å². The van der Waals surface area contributed by atoms with Crippen molar-refractivity contribution in [3.63, 3.8) is 0 Å². The van der Waals surface area contributed by atoms with Crippen LogP contribution in [0.4, 0.5) is 11.6 Å². The van der Waals surface area contributed by atoms with Crippen molar-refractivity contribution in [2.45, 2.75) is 32.1 Å². The average Bonchev–Trinajstić information content (AvgIpc) is 2.77. The number of anilines is 2. The fourth-order valence-corrected chi connectivity index (χ4v) is 3.11. The van der Waals surface area contributed by atoms with Crippen LogP contribution >= 0.6 is 0 Å². The molecule has 1 amide bonds. The minimum atomic E-state index is 0.131. The number of aryl methyl sites for hydroxylation is 1. The Balaban J connectivity index is 1.85. The Bertz CT molecular complexity index is 709. The molecular formula is C17H23N5O. The number of hydrogen-bond donors (Lipinski definition) is 1. The van der Waals surface area contributed by atoms with E-state index >= 15 is 0 Å². The maximum atomic E-state index is 11.5. The fraction of sp³-hybridized carbons (Fsp3) is 0.471. The molecule has 1 aromatic carbocycles. The molecule has 1 N–H and O–H groups in total. The molecule has 6 heteroatoms. The van der Waals surface area contributed by atoms with Crippen molar-refractivity contribution < 1.29 is 4.79 Å². The van der Waals surface area contributed by atoms with Gasteiger partial charge in [-0.3, -0.25) is 9.36 Å². The van der Waals surface area contributed by atoms with E-state index in [0.717, 1.165) is 30.3 Å². The zero-order chi connectivity index (χ0) is 16.4. The van der Waals surface area contributed by atoms with Gasteiger partial charge in [-0.05, 0) is 37.5 Å². The first-order chi connectivity index (χ1) is 11.1. The van der Waals surface area contributed by atoms with E-state index in [1.54, 1.807) is 0 Å². The van der Waals surface area contributed by atoms with Gasteiger partial charge in [0, 0.05) is 38.7 Å². The molecule has 1 fully saturated rings. The van der Waals surface area contributed by atoms with Gasteiger partial charge in [0.15, 0.2) is 0 Å². The topological polar surface area (TPSA) is 63.1 Å². The molecule has 23 heavy (non-hydrogen) atoms. The number of carbonyl (C=O) groups excluding carboxylic acids is 1. The second kappa shape index (κ2) is 6.40. The standard InChI is InChI=1S/C17H23N5O/c1-12-5-4-6-14(11-12)21(2)17-20-19-16(22(17)3)13-7-8-15(23)18-10-9-13/h4-6,11,13H,7-10H2,1-3H3,(H,18,23). The second-order valence-corrected chi connectivity index (χ2v) is 6.19. The number of nitrogens with one attached hydrogen (secondary N) is 1. The van der Waals surface area contributed by atoms with Crippen molar-refractivity contribution in [1.82, 2.24) is 20.1 Å². The number of hydrogen-bond acceptors (Lipinski definition) is 4. The second-order valence-electron chi connectivity index (χ2n) is 6.19. The van der Waals surface area contributed by atoms with Crippen LogP contribution < -0.4 is 10.2 Å². The van der Waals surface area contributed by atoms with Crippen LogP contribution in [0.15, 0.2) is 24.3 Å². The molecule has 2 aromatic rings. The third-order valence-corrected chi connectivity index (χ3v) is 4.47. The van der Waals surface area contributed by atoms with Gasteiger partial charge in [0.1, 0.15) is 5.82 Å². The zero-order valence-electron chi connectivity index (χ0n) is 13.9. The van der Waals surface area contributed by atoms with E-state index in [2.05, 4.69) is 40.6 Å². The van der Waals surface area contributed by atoms with Gasteiger partial charge in [0.2, 0.25) is 11.9 Å². The summed E-state index contributed by atoms with van der Waals surface area (Å²) in [5, 5.41) is 11.7. The SMILES string of the molecule is Cc1cccc(N(C)c2nnc(C3CCNC(=O)CC3)n2C)c1. The molecule has 1 atom stereocenters. The summed E-state index contributed by atoms with van der Waals surface area (Å²) in [5.74, 6) is 2.17. The molecule has 2 heterocycles. The molecular weight excluding hydrogens is 290 g/mol. The largest absolute Gasteiger partial charge is 0.356 e. The molecule has 0 saturated carbocycles. The Labute approximate surface area is 136 Å². The van der Waals surface area contributed by atoms with Gasteiger partial charge in [0.25, 0.3) is 0 Å². The maximum Gasteiger partial charge on any atom is 0.231 e. The van der Waals surface area contributed by atoms with Crippen LogP contribution in [0.1, 0.15) is 36.6 Å². The van der Waals surface area contributed by atoms with Crippen molar-refractivity contribution in [1.29, 1.82) is 0 Å².